The Bertz CT molecular complexity index is 542. The van der Waals surface area contributed by atoms with Gasteiger partial charge in [0.05, 0.1) is 5.69 Å². The number of hydrogen-bond acceptors (Lipinski definition) is 3. The number of anilines is 1. The van der Waals surface area contributed by atoms with Gasteiger partial charge in [0.1, 0.15) is 11.9 Å². The van der Waals surface area contributed by atoms with Crippen LogP contribution in [0.2, 0.25) is 0 Å². The Kier molecular flexibility index (Phi) is 3.42. The largest absolute Gasteiger partial charge is 0.490 e. The van der Waals surface area contributed by atoms with Crippen LogP contribution >= 0.6 is 0 Å². The Labute approximate surface area is 119 Å². The molecular weight excluding hydrogens is 252 g/mol. The molecule has 20 heavy (non-hydrogen) atoms. The molecule has 1 aromatic carbocycles. The summed E-state index contributed by atoms with van der Waals surface area (Å²) in [4.78, 5) is 13.9. The van der Waals surface area contributed by atoms with Gasteiger partial charge < -0.3 is 15.4 Å². The minimum atomic E-state index is 0.116. The van der Waals surface area contributed by atoms with Gasteiger partial charge in [0, 0.05) is 25.5 Å². The van der Waals surface area contributed by atoms with Gasteiger partial charge in [0.2, 0.25) is 5.91 Å². The highest BCUT2D eigenvalue weighted by molar-refractivity contribution is 5.94. The minimum absolute atomic E-state index is 0.116. The fraction of sp³-hybridized carbons (Fsp3) is 0.562. The number of hydrogen-bond donors (Lipinski definition) is 1. The van der Waals surface area contributed by atoms with Crippen LogP contribution in [-0.2, 0) is 11.2 Å². The van der Waals surface area contributed by atoms with Crippen LogP contribution in [0.5, 0.6) is 5.75 Å². The lowest BCUT2D eigenvalue weighted by molar-refractivity contribution is -0.116. The number of benzene rings is 1. The highest BCUT2D eigenvalue weighted by Gasteiger charge is 2.33. The van der Waals surface area contributed by atoms with Crippen molar-refractivity contribution >= 4 is 11.6 Å². The molecule has 108 valence electrons. The Morgan fingerprint density at radius 1 is 1.50 bits per heavy atom. The molecule has 0 radical (unpaired) electrons. The molecule has 2 aliphatic rings. The van der Waals surface area contributed by atoms with E-state index in [0.29, 0.717) is 12.5 Å². The highest BCUT2D eigenvalue weighted by Crippen LogP contribution is 2.45. The van der Waals surface area contributed by atoms with E-state index in [1.807, 2.05) is 4.90 Å². The van der Waals surface area contributed by atoms with Gasteiger partial charge in [-0.2, -0.15) is 0 Å². The van der Waals surface area contributed by atoms with Crippen molar-refractivity contribution in [1.82, 2.24) is 0 Å². The SMILES string of the molecule is CC(=O)N1CCC(CCN)c2ccc3c(c21)CC(C)O3. The van der Waals surface area contributed by atoms with Gasteiger partial charge in [-0.15, -0.1) is 0 Å². The summed E-state index contributed by atoms with van der Waals surface area (Å²) in [7, 11) is 0. The molecule has 2 atom stereocenters. The number of nitrogens with zero attached hydrogens (tertiary/aromatic N) is 1. The maximum Gasteiger partial charge on any atom is 0.223 e. The van der Waals surface area contributed by atoms with Gasteiger partial charge >= 0.3 is 0 Å². The van der Waals surface area contributed by atoms with Crippen molar-refractivity contribution in [2.75, 3.05) is 18.0 Å². The summed E-state index contributed by atoms with van der Waals surface area (Å²) in [5.74, 6) is 1.52. The number of ether oxygens (including phenoxy) is 1. The monoisotopic (exact) mass is 274 g/mol. The molecule has 2 N–H and O–H groups in total. The van der Waals surface area contributed by atoms with Crippen LogP contribution in [0.25, 0.3) is 0 Å². The summed E-state index contributed by atoms with van der Waals surface area (Å²) in [5, 5.41) is 0. The number of nitrogens with two attached hydrogens (primary N) is 1. The first-order valence-electron chi connectivity index (χ1n) is 7.42. The molecule has 0 aliphatic carbocycles. The van der Waals surface area contributed by atoms with Crippen molar-refractivity contribution in [3.63, 3.8) is 0 Å². The van der Waals surface area contributed by atoms with E-state index in [1.54, 1.807) is 6.92 Å². The molecule has 2 aliphatic heterocycles. The Morgan fingerprint density at radius 3 is 3.00 bits per heavy atom. The van der Waals surface area contributed by atoms with Crippen LogP contribution in [0, 0.1) is 0 Å². The van der Waals surface area contributed by atoms with Crippen molar-refractivity contribution in [3.05, 3.63) is 23.3 Å². The standard InChI is InChI=1S/C16H22N2O2/c1-10-9-14-15(20-10)4-3-13-12(5-7-17)6-8-18(11(2)19)16(13)14/h3-4,10,12H,5-9,17H2,1-2H3. The van der Waals surface area contributed by atoms with E-state index in [-0.39, 0.29) is 12.0 Å². The average Bonchev–Trinajstić information content (AvgIpc) is 2.79. The Morgan fingerprint density at radius 2 is 2.30 bits per heavy atom. The van der Waals surface area contributed by atoms with Crippen LogP contribution < -0.4 is 15.4 Å². The zero-order valence-corrected chi connectivity index (χ0v) is 12.2. The molecule has 2 unspecified atom stereocenters. The first-order chi connectivity index (χ1) is 9.61. The second kappa shape index (κ2) is 5.09. The number of amides is 1. The summed E-state index contributed by atoms with van der Waals surface area (Å²) in [6.07, 6.45) is 3.06. The van der Waals surface area contributed by atoms with Crippen molar-refractivity contribution < 1.29 is 9.53 Å². The fourth-order valence-corrected chi connectivity index (χ4v) is 3.51. The van der Waals surface area contributed by atoms with Gasteiger partial charge in [-0.05, 0) is 43.9 Å². The molecule has 0 bridgehead atoms. The molecule has 0 saturated carbocycles. The predicted octanol–water partition coefficient (Wildman–Crippen LogP) is 2.20. The lowest BCUT2D eigenvalue weighted by Crippen LogP contribution is -2.36. The normalized spacial score (nSPS) is 24.1. The second-order valence-electron chi connectivity index (χ2n) is 5.85. The minimum Gasteiger partial charge on any atom is -0.490 e. The molecular formula is C16H22N2O2. The summed E-state index contributed by atoms with van der Waals surface area (Å²) >= 11 is 0. The molecule has 1 amide bonds. The van der Waals surface area contributed by atoms with Crippen LogP contribution in [0.4, 0.5) is 5.69 Å². The molecule has 3 rings (SSSR count). The molecule has 4 nitrogen and oxygen atoms in total. The topological polar surface area (TPSA) is 55.6 Å². The smallest absolute Gasteiger partial charge is 0.223 e. The first kappa shape index (κ1) is 13.4. The van der Waals surface area contributed by atoms with Crippen LogP contribution in [0.15, 0.2) is 12.1 Å². The average molecular weight is 274 g/mol. The first-order valence-corrected chi connectivity index (χ1v) is 7.42. The predicted molar refractivity (Wildman–Crippen MR) is 79.3 cm³/mol. The van der Waals surface area contributed by atoms with Gasteiger partial charge in [0.15, 0.2) is 0 Å². The number of rotatable bonds is 2. The quantitative estimate of drug-likeness (QED) is 0.899. The second-order valence-corrected chi connectivity index (χ2v) is 5.85. The molecule has 0 spiro atoms. The van der Waals surface area contributed by atoms with Crippen LogP contribution in [-0.4, -0.2) is 25.1 Å². The van der Waals surface area contributed by atoms with E-state index in [1.165, 1.54) is 11.1 Å². The van der Waals surface area contributed by atoms with Gasteiger partial charge in [-0.3, -0.25) is 4.79 Å². The maximum atomic E-state index is 12.0. The molecule has 4 heteroatoms. The van der Waals surface area contributed by atoms with E-state index in [9.17, 15) is 4.79 Å². The van der Waals surface area contributed by atoms with Gasteiger partial charge in [0.25, 0.3) is 0 Å². The van der Waals surface area contributed by atoms with Crippen molar-refractivity contribution in [1.29, 1.82) is 0 Å². The third kappa shape index (κ3) is 2.08. The van der Waals surface area contributed by atoms with Gasteiger partial charge in [-0.25, -0.2) is 0 Å². The summed E-state index contributed by atoms with van der Waals surface area (Å²) in [6.45, 7) is 5.20. The van der Waals surface area contributed by atoms with E-state index in [2.05, 4.69) is 19.1 Å². The number of fused-ring (bicyclic) bond motifs is 3. The Hall–Kier alpha value is -1.55. The van der Waals surface area contributed by atoms with Crippen molar-refractivity contribution in [2.45, 2.75) is 45.1 Å². The van der Waals surface area contributed by atoms with Crippen molar-refractivity contribution in [2.24, 2.45) is 5.73 Å². The molecule has 0 saturated heterocycles. The van der Waals surface area contributed by atoms with Gasteiger partial charge in [-0.1, -0.05) is 6.07 Å². The zero-order valence-electron chi connectivity index (χ0n) is 12.2. The van der Waals surface area contributed by atoms with Crippen LogP contribution in [0.1, 0.15) is 43.7 Å². The molecule has 2 heterocycles. The molecule has 1 aromatic rings. The number of carbonyl (C=O) groups is 1. The van der Waals surface area contributed by atoms with Crippen molar-refractivity contribution in [3.8, 4) is 5.75 Å². The maximum absolute atomic E-state index is 12.0. The molecule has 0 aromatic heterocycles. The van der Waals surface area contributed by atoms with Crippen LogP contribution in [0.3, 0.4) is 0 Å². The van der Waals surface area contributed by atoms with E-state index >= 15 is 0 Å². The summed E-state index contributed by atoms with van der Waals surface area (Å²) in [6, 6.07) is 4.19. The lowest BCUT2D eigenvalue weighted by Gasteiger charge is -2.35. The van der Waals surface area contributed by atoms with E-state index in [4.69, 9.17) is 10.5 Å². The third-order valence-corrected chi connectivity index (χ3v) is 4.40. The lowest BCUT2D eigenvalue weighted by atomic mass is 9.85. The Balaban J connectivity index is 2.11. The fourth-order valence-electron chi connectivity index (χ4n) is 3.51. The third-order valence-electron chi connectivity index (χ3n) is 4.40. The zero-order chi connectivity index (χ0) is 14.3. The summed E-state index contributed by atoms with van der Waals surface area (Å²) < 4.78 is 5.83. The van der Waals surface area contributed by atoms with E-state index < -0.39 is 0 Å². The summed E-state index contributed by atoms with van der Waals surface area (Å²) in [5.41, 5.74) is 9.31. The van der Waals surface area contributed by atoms with E-state index in [0.717, 1.165) is 37.2 Å². The highest BCUT2D eigenvalue weighted by atomic mass is 16.5. The molecule has 0 fully saturated rings. The number of carbonyl (C=O) groups excluding carboxylic acids is 1.